The number of benzene rings is 1. The lowest BCUT2D eigenvalue weighted by atomic mass is 9.89. The molecule has 1 aliphatic rings. The smallest absolute Gasteiger partial charge is 0.355 e. The molecule has 0 saturated heterocycles. The topological polar surface area (TPSA) is 75.3 Å². The van der Waals surface area contributed by atoms with Gasteiger partial charge >= 0.3 is 6.18 Å². The molecular formula is C16H21F3N2O3S. The summed E-state index contributed by atoms with van der Waals surface area (Å²) in [5, 5.41) is 2.67. The zero-order valence-corrected chi connectivity index (χ0v) is 14.4. The molecule has 1 fully saturated rings. The van der Waals surface area contributed by atoms with Crippen LogP contribution in [0.4, 0.5) is 13.2 Å². The van der Waals surface area contributed by atoms with Crippen LogP contribution >= 0.6 is 0 Å². The van der Waals surface area contributed by atoms with Crippen LogP contribution in [0.5, 0.6) is 0 Å². The van der Waals surface area contributed by atoms with Crippen molar-refractivity contribution in [3.8, 4) is 0 Å². The molecule has 140 valence electrons. The maximum absolute atomic E-state index is 12.7. The summed E-state index contributed by atoms with van der Waals surface area (Å²) in [4.78, 5) is 11.2. The van der Waals surface area contributed by atoms with Gasteiger partial charge in [0.05, 0.1) is 17.0 Å². The highest BCUT2D eigenvalue weighted by molar-refractivity contribution is 7.89. The number of rotatable bonds is 6. The molecule has 0 atom stereocenters. The van der Waals surface area contributed by atoms with Crippen molar-refractivity contribution in [2.45, 2.75) is 43.2 Å². The number of hydrogen-bond acceptors (Lipinski definition) is 3. The molecule has 0 bridgehead atoms. The third-order valence-electron chi connectivity index (χ3n) is 4.21. The predicted molar refractivity (Wildman–Crippen MR) is 86.2 cm³/mol. The van der Waals surface area contributed by atoms with Crippen molar-refractivity contribution in [2.75, 3.05) is 13.1 Å². The first-order chi connectivity index (χ1) is 11.7. The summed E-state index contributed by atoms with van der Waals surface area (Å²) in [6.07, 6.45) is 0.891. The molecule has 0 spiro atoms. The van der Waals surface area contributed by atoms with Crippen LogP contribution in [0, 0.1) is 5.92 Å². The molecule has 0 radical (unpaired) electrons. The zero-order chi connectivity index (χ0) is 18.5. The van der Waals surface area contributed by atoms with Gasteiger partial charge < -0.3 is 5.32 Å². The minimum atomic E-state index is -4.64. The minimum absolute atomic E-state index is 0.401. The first-order valence-corrected chi connectivity index (χ1v) is 9.60. The van der Waals surface area contributed by atoms with Gasteiger partial charge in [-0.05, 0) is 37.0 Å². The lowest BCUT2D eigenvalue weighted by molar-refractivity contribution is -0.137. The van der Waals surface area contributed by atoms with E-state index >= 15 is 0 Å². The first kappa shape index (κ1) is 19.7. The molecule has 1 amide bonds. The van der Waals surface area contributed by atoms with E-state index in [4.69, 9.17) is 0 Å². The third-order valence-corrected chi connectivity index (χ3v) is 5.61. The van der Waals surface area contributed by atoms with Gasteiger partial charge in [-0.15, -0.1) is 0 Å². The molecule has 1 aromatic rings. The molecule has 0 aliphatic heterocycles. The van der Waals surface area contributed by atoms with Gasteiger partial charge in [-0.2, -0.15) is 13.2 Å². The summed E-state index contributed by atoms with van der Waals surface area (Å²) in [7, 11) is -4.19. The molecule has 9 heteroatoms. The highest BCUT2D eigenvalue weighted by atomic mass is 32.2. The number of alkyl halides is 3. The van der Waals surface area contributed by atoms with Gasteiger partial charge in [0.15, 0.2) is 0 Å². The standard InChI is InChI=1S/C16H21F3N2O3S/c17-16(18,19)13-7-4-8-14(9-13)25(23,24)21-11-15(22)20-10-12-5-2-1-3-6-12/h4,7-9,12,21H,1-3,5-6,10-11H2,(H,20,22). The van der Waals surface area contributed by atoms with Crippen LogP contribution in [0.1, 0.15) is 37.7 Å². The van der Waals surface area contributed by atoms with E-state index in [0.29, 0.717) is 18.5 Å². The largest absolute Gasteiger partial charge is 0.416 e. The highest BCUT2D eigenvalue weighted by Crippen LogP contribution is 2.30. The lowest BCUT2D eigenvalue weighted by Gasteiger charge is -2.21. The molecule has 1 aliphatic carbocycles. The Hall–Kier alpha value is -1.61. The van der Waals surface area contributed by atoms with E-state index in [9.17, 15) is 26.4 Å². The Labute approximate surface area is 145 Å². The number of hydrogen-bond donors (Lipinski definition) is 2. The number of nitrogens with one attached hydrogen (secondary N) is 2. The second kappa shape index (κ2) is 8.18. The van der Waals surface area contributed by atoms with Crippen molar-refractivity contribution in [1.29, 1.82) is 0 Å². The normalized spacial score (nSPS) is 16.6. The van der Waals surface area contributed by atoms with Crippen LogP contribution < -0.4 is 10.0 Å². The van der Waals surface area contributed by atoms with Gasteiger partial charge in [0.1, 0.15) is 0 Å². The fourth-order valence-electron chi connectivity index (χ4n) is 2.80. The van der Waals surface area contributed by atoms with E-state index in [1.165, 1.54) is 6.42 Å². The summed E-state index contributed by atoms with van der Waals surface area (Å²) >= 11 is 0. The van der Waals surface area contributed by atoms with Crippen LogP contribution in [0.3, 0.4) is 0 Å². The van der Waals surface area contributed by atoms with Crippen molar-refractivity contribution in [3.63, 3.8) is 0 Å². The second-order valence-corrected chi connectivity index (χ2v) is 7.93. The number of amides is 1. The molecule has 1 saturated carbocycles. The van der Waals surface area contributed by atoms with Crippen LogP contribution in [-0.2, 0) is 21.0 Å². The van der Waals surface area contributed by atoms with Crippen molar-refractivity contribution >= 4 is 15.9 Å². The van der Waals surface area contributed by atoms with Gasteiger partial charge in [-0.3, -0.25) is 4.79 Å². The summed E-state index contributed by atoms with van der Waals surface area (Å²) in [6.45, 7) is -0.0184. The van der Waals surface area contributed by atoms with Crippen molar-refractivity contribution in [2.24, 2.45) is 5.92 Å². The predicted octanol–water partition coefficient (Wildman–Crippen LogP) is 2.68. The molecular weight excluding hydrogens is 357 g/mol. The van der Waals surface area contributed by atoms with Crippen LogP contribution in [-0.4, -0.2) is 27.4 Å². The molecule has 0 aromatic heterocycles. The molecule has 0 unspecified atom stereocenters. The Kier molecular flexibility index (Phi) is 6.45. The number of halogens is 3. The van der Waals surface area contributed by atoms with E-state index in [1.54, 1.807) is 0 Å². The Morgan fingerprint density at radius 3 is 2.48 bits per heavy atom. The summed E-state index contributed by atoms with van der Waals surface area (Å²) in [5.41, 5.74) is -1.06. The summed E-state index contributed by atoms with van der Waals surface area (Å²) in [6, 6.07) is 3.40. The molecule has 25 heavy (non-hydrogen) atoms. The molecule has 2 N–H and O–H groups in total. The van der Waals surface area contributed by atoms with Gasteiger partial charge in [0.25, 0.3) is 0 Å². The average molecular weight is 378 g/mol. The van der Waals surface area contributed by atoms with E-state index in [-0.39, 0.29) is 0 Å². The number of sulfonamides is 1. The van der Waals surface area contributed by atoms with Crippen LogP contribution in [0.25, 0.3) is 0 Å². The Bertz CT molecular complexity index is 699. The maximum atomic E-state index is 12.7. The van der Waals surface area contributed by atoms with Crippen molar-refractivity contribution in [3.05, 3.63) is 29.8 Å². The monoisotopic (exact) mass is 378 g/mol. The summed E-state index contributed by atoms with van der Waals surface area (Å²) < 4.78 is 64.2. The van der Waals surface area contributed by atoms with Crippen molar-refractivity contribution < 1.29 is 26.4 Å². The first-order valence-electron chi connectivity index (χ1n) is 8.12. The van der Waals surface area contributed by atoms with E-state index in [1.807, 2.05) is 4.72 Å². The van der Waals surface area contributed by atoms with E-state index in [2.05, 4.69) is 5.32 Å². The number of carbonyl (C=O) groups is 1. The molecule has 5 nitrogen and oxygen atoms in total. The van der Waals surface area contributed by atoms with Gasteiger partial charge in [0.2, 0.25) is 15.9 Å². The second-order valence-electron chi connectivity index (χ2n) is 6.16. The molecule has 2 rings (SSSR count). The third kappa shape index (κ3) is 6.00. The fraction of sp³-hybridized carbons (Fsp3) is 0.562. The minimum Gasteiger partial charge on any atom is -0.355 e. The van der Waals surface area contributed by atoms with Gasteiger partial charge in [0, 0.05) is 6.54 Å². The van der Waals surface area contributed by atoms with Crippen LogP contribution in [0.15, 0.2) is 29.2 Å². The van der Waals surface area contributed by atoms with Gasteiger partial charge in [-0.1, -0.05) is 25.3 Å². The Morgan fingerprint density at radius 1 is 1.16 bits per heavy atom. The Balaban J connectivity index is 1.89. The van der Waals surface area contributed by atoms with Crippen LogP contribution in [0.2, 0.25) is 0 Å². The van der Waals surface area contributed by atoms with E-state index in [0.717, 1.165) is 43.9 Å². The summed E-state index contributed by atoms with van der Waals surface area (Å²) in [5.74, 6) is -0.0982. The number of carbonyl (C=O) groups excluding carboxylic acids is 1. The van der Waals surface area contributed by atoms with E-state index < -0.39 is 39.1 Å². The molecule has 1 aromatic carbocycles. The fourth-order valence-corrected chi connectivity index (χ4v) is 3.82. The Morgan fingerprint density at radius 2 is 1.84 bits per heavy atom. The lowest BCUT2D eigenvalue weighted by Crippen LogP contribution is -2.39. The highest BCUT2D eigenvalue weighted by Gasteiger charge is 2.31. The molecule has 0 heterocycles. The maximum Gasteiger partial charge on any atom is 0.416 e. The quantitative estimate of drug-likeness (QED) is 0.799. The average Bonchev–Trinajstić information content (AvgIpc) is 2.58. The SMILES string of the molecule is O=C(CNS(=O)(=O)c1cccc(C(F)(F)F)c1)NCC1CCCCC1. The van der Waals surface area contributed by atoms with Crippen molar-refractivity contribution in [1.82, 2.24) is 10.0 Å². The zero-order valence-electron chi connectivity index (χ0n) is 13.6. The van der Waals surface area contributed by atoms with Gasteiger partial charge in [-0.25, -0.2) is 13.1 Å².